The first-order valence-electron chi connectivity index (χ1n) is 4.60. The quantitative estimate of drug-likeness (QED) is 0.438. The van der Waals surface area contributed by atoms with Gasteiger partial charge in [0, 0.05) is 0 Å². The first kappa shape index (κ1) is 10.8. The minimum absolute atomic E-state index is 0.226. The predicted octanol–water partition coefficient (Wildman–Crippen LogP) is 0.00890. The lowest BCUT2D eigenvalue weighted by molar-refractivity contribution is -0.124. The minimum atomic E-state index is -0.670. The Kier molecular flexibility index (Phi) is 2.71. The van der Waals surface area contributed by atoms with E-state index in [2.05, 4.69) is 4.98 Å². The molecule has 0 aliphatic heterocycles. The third-order valence-corrected chi connectivity index (χ3v) is 3.23. The summed E-state index contributed by atoms with van der Waals surface area (Å²) in [5.41, 5.74) is 2.43. The van der Waals surface area contributed by atoms with Gasteiger partial charge in [0.1, 0.15) is 10.7 Å². The molecule has 0 saturated carbocycles. The van der Waals surface area contributed by atoms with Crippen LogP contribution >= 0.6 is 11.3 Å². The van der Waals surface area contributed by atoms with Gasteiger partial charge in [0.2, 0.25) is 0 Å². The molecule has 3 N–H and O–H groups in total. The number of nitrogens with zero attached hydrogens (tertiary/aromatic N) is 2. The highest BCUT2D eigenvalue weighted by Crippen LogP contribution is 2.14. The van der Waals surface area contributed by atoms with Crippen LogP contribution in [-0.4, -0.2) is 15.5 Å². The Hall–Kier alpha value is -1.73. The van der Waals surface area contributed by atoms with E-state index in [0.717, 1.165) is 0 Å². The molecule has 0 bridgehead atoms. The van der Waals surface area contributed by atoms with Crippen molar-refractivity contribution in [3.8, 4) is 0 Å². The van der Waals surface area contributed by atoms with Gasteiger partial charge in [-0.25, -0.2) is 10.8 Å². The number of hydrogen-bond acceptors (Lipinski definition) is 5. The second-order valence-electron chi connectivity index (χ2n) is 3.28. The van der Waals surface area contributed by atoms with Gasteiger partial charge in [-0.3, -0.25) is 19.6 Å². The normalized spacial score (nSPS) is 12.6. The van der Waals surface area contributed by atoms with Crippen LogP contribution in [0.3, 0.4) is 0 Å². The minimum Gasteiger partial charge on any atom is -0.292 e. The molecule has 0 saturated heterocycles. The lowest BCUT2D eigenvalue weighted by atomic mass is 10.3. The summed E-state index contributed by atoms with van der Waals surface area (Å²) >= 11 is 1.31. The van der Waals surface area contributed by atoms with Crippen molar-refractivity contribution in [1.82, 2.24) is 15.0 Å². The van der Waals surface area contributed by atoms with Gasteiger partial charge in [0.05, 0.1) is 11.8 Å². The zero-order chi connectivity index (χ0) is 11.7. The highest BCUT2D eigenvalue weighted by Gasteiger charge is 2.16. The molecule has 16 heavy (non-hydrogen) atoms. The fourth-order valence-corrected chi connectivity index (χ4v) is 2.16. The summed E-state index contributed by atoms with van der Waals surface area (Å²) < 4.78 is 1.81. The van der Waals surface area contributed by atoms with Gasteiger partial charge in [0.25, 0.3) is 11.5 Å². The number of hydrazine groups is 1. The van der Waals surface area contributed by atoms with Crippen LogP contribution in [0, 0.1) is 0 Å². The fourth-order valence-electron chi connectivity index (χ4n) is 1.38. The largest absolute Gasteiger partial charge is 0.292 e. The SMILES string of the molecule is CC(C(=O)NN)n1cnc2ccsc2c1=O. The fraction of sp³-hybridized carbons (Fsp3) is 0.222. The topological polar surface area (TPSA) is 90.0 Å². The van der Waals surface area contributed by atoms with Gasteiger partial charge in [-0.15, -0.1) is 11.3 Å². The van der Waals surface area contributed by atoms with Gasteiger partial charge >= 0.3 is 0 Å². The highest BCUT2D eigenvalue weighted by molar-refractivity contribution is 7.17. The molecule has 6 nitrogen and oxygen atoms in total. The Morgan fingerprint density at radius 1 is 1.69 bits per heavy atom. The van der Waals surface area contributed by atoms with Crippen molar-refractivity contribution in [3.63, 3.8) is 0 Å². The van der Waals surface area contributed by atoms with E-state index < -0.39 is 11.9 Å². The number of aromatic nitrogens is 2. The first-order valence-corrected chi connectivity index (χ1v) is 5.48. The molecule has 1 atom stereocenters. The third-order valence-electron chi connectivity index (χ3n) is 2.33. The second-order valence-corrected chi connectivity index (χ2v) is 4.19. The van der Waals surface area contributed by atoms with Crippen LogP contribution in [0.25, 0.3) is 10.2 Å². The van der Waals surface area contributed by atoms with Crippen molar-refractivity contribution >= 4 is 27.5 Å². The Bertz CT molecular complexity index is 588. The molecule has 1 amide bonds. The molecule has 2 heterocycles. The van der Waals surface area contributed by atoms with Gasteiger partial charge in [0.15, 0.2) is 0 Å². The van der Waals surface area contributed by atoms with Gasteiger partial charge in [-0.05, 0) is 18.4 Å². The number of fused-ring (bicyclic) bond motifs is 1. The maximum absolute atomic E-state index is 12.0. The molecule has 84 valence electrons. The molecular weight excluding hydrogens is 228 g/mol. The molecule has 1 unspecified atom stereocenters. The van der Waals surface area contributed by atoms with E-state index in [1.165, 1.54) is 22.2 Å². The van der Waals surface area contributed by atoms with E-state index in [9.17, 15) is 9.59 Å². The summed E-state index contributed by atoms with van der Waals surface area (Å²) in [6.45, 7) is 1.59. The molecule has 0 fully saturated rings. The van der Waals surface area contributed by atoms with E-state index in [4.69, 9.17) is 5.84 Å². The van der Waals surface area contributed by atoms with E-state index in [0.29, 0.717) is 10.2 Å². The van der Waals surface area contributed by atoms with Crippen LogP contribution in [0.5, 0.6) is 0 Å². The molecule has 7 heteroatoms. The third kappa shape index (κ3) is 1.59. The van der Waals surface area contributed by atoms with Crippen molar-refractivity contribution in [3.05, 3.63) is 28.1 Å². The summed E-state index contributed by atoms with van der Waals surface area (Å²) in [7, 11) is 0. The number of nitrogens with one attached hydrogen (secondary N) is 1. The average molecular weight is 238 g/mol. The molecule has 2 aromatic rings. The molecule has 2 aromatic heterocycles. The van der Waals surface area contributed by atoms with E-state index in [1.807, 2.05) is 5.43 Å². The smallest absolute Gasteiger partial charge is 0.272 e. The predicted molar refractivity (Wildman–Crippen MR) is 60.9 cm³/mol. The lowest BCUT2D eigenvalue weighted by Gasteiger charge is -2.12. The highest BCUT2D eigenvalue weighted by atomic mass is 32.1. The lowest BCUT2D eigenvalue weighted by Crippen LogP contribution is -2.39. The van der Waals surface area contributed by atoms with Crippen molar-refractivity contribution in [1.29, 1.82) is 0 Å². The van der Waals surface area contributed by atoms with E-state index in [1.54, 1.807) is 18.4 Å². The molecule has 0 aliphatic carbocycles. The molecular formula is C9H10N4O2S. The Balaban J connectivity index is 2.57. The number of nitrogens with two attached hydrogens (primary N) is 1. The van der Waals surface area contributed by atoms with E-state index >= 15 is 0 Å². The number of amides is 1. The second kappa shape index (κ2) is 4.03. The monoisotopic (exact) mass is 238 g/mol. The van der Waals surface area contributed by atoms with Crippen molar-refractivity contribution in [2.75, 3.05) is 0 Å². The van der Waals surface area contributed by atoms with Crippen LogP contribution in [0.4, 0.5) is 0 Å². The summed E-state index contributed by atoms with van der Waals surface area (Å²) in [4.78, 5) is 27.4. The van der Waals surface area contributed by atoms with Crippen LogP contribution in [-0.2, 0) is 4.79 Å². The maximum atomic E-state index is 12.0. The number of thiophene rings is 1. The van der Waals surface area contributed by atoms with Crippen LogP contribution < -0.4 is 16.8 Å². The number of carbonyl (C=O) groups excluding carboxylic acids is 1. The number of hydrogen-bond donors (Lipinski definition) is 2. The van der Waals surface area contributed by atoms with Gasteiger partial charge in [-0.1, -0.05) is 0 Å². The molecule has 0 aromatic carbocycles. The maximum Gasteiger partial charge on any atom is 0.272 e. The van der Waals surface area contributed by atoms with Crippen molar-refractivity contribution in [2.45, 2.75) is 13.0 Å². The van der Waals surface area contributed by atoms with Crippen molar-refractivity contribution in [2.24, 2.45) is 5.84 Å². The molecule has 2 rings (SSSR count). The first-order chi connectivity index (χ1) is 7.65. The molecule has 0 aliphatic rings. The van der Waals surface area contributed by atoms with E-state index in [-0.39, 0.29) is 5.56 Å². The Morgan fingerprint density at radius 3 is 3.12 bits per heavy atom. The Labute approximate surface area is 94.7 Å². The summed E-state index contributed by atoms with van der Waals surface area (Å²) in [5.74, 6) is 4.59. The van der Waals surface area contributed by atoms with Crippen molar-refractivity contribution < 1.29 is 4.79 Å². The standard InChI is InChI=1S/C9H10N4O2S/c1-5(8(14)12-10)13-4-11-6-2-3-16-7(6)9(13)15/h2-5H,10H2,1H3,(H,12,14). The zero-order valence-electron chi connectivity index (χ0n) is 8.51. The molecule has 0 spiro atoms. The summed E-state index contributed by atoms with van der Waals surface area (Å²) in [5, 5.41) is 1.79. The zero-order valence-corrected chi connectivity index (χ0v) is 9.32. The number of rotatable bonds is 2. The summed E-state index contributed by atoms with van der Waals surface area (Å²) in [6.07, 6.45) is 1.36. The van der Waals surface area contributed by atoms with Crippen LogP contribution in [0.2, 0.25) is 0 Å². The van der Waals surface area contributed by atoms with Gasteiger partial charge in [-0.2, -0.15) is 0 Å². The molecule has 0 radical (unpaired) electrons. The Morgan fingerprint density at radius 2 is 2.44 bits per heavy atom. The van der Waals surface area contributed by atoms with Gasteiger partial charge < -0.3 is 0 Å². The summed E-state index contributed by atoms with van der Waals surface area (Å²) in [6, 6.07) is 1.09. The van der Waals surface area contributed by atoms with Crippen LogP contribution in [0.1, 0.15) is 13.0 Å². The average Bonchev–Trinajstić information content (AvgIpc) is 2.76. The number of carbonyl (C=O) groups is 1. The van der Waals surface area contributed by atoms with Crippen LogP contribution in [0.15, 0.2) is 22.6 Å².